The second-order valence-electron chi connectivity index (χ2n) is 7.02. The van der Waals surface area contributed by atoms with Crippen LogP contribution in [-0.4, -0.2) is 0 Å². The highest BCUT2D eigenvalue weighted by molar-refractivity contribution is 4.71. The molecule has 0 spiro atoms. The lowest BCUT2D eigenvalue weighted by atomic mass is 9.77. The minimum atomic E-state index is 0.833. The fraction of sp³-hybridized carbons (Fsp3) is 1.00. The molecule has 0 saturated carbocycles. The van der Waals surface area contributed by atoms with Gasteiger partial charge >= 0.3 is 0 Å². The van der Waals surface area contributed by atoms with Crippen molar-refractivity contribution >= 4 is 0 Å². The van der Waals surface area contributed by atoms with Gasteiger partial charge in [0.2, 0.25) is 0 Å². The van der Waals surface area contributed by atoms with Crippen LogP contribution in [0.25, 0.3) is 0 Å². The van der Waals surface area contributed by atoms with Crippen LogP contribution < -0.4 is 0 Å². The van der Waals surface area contributed by atoms with Gasteiger partial charge in [0, 0.05) is 0 Å². The number of hydrogen-bond donors (Lipinski definition) is 0. The molecular formula is C17H36. The lowest BCUT2D eigenvalue weighted by Crippen LogP contribution is -2.19. The van der Waals surface area contributed by atoms with E-state index < -0.39 is 0 Å². The van der Waals surface area contributed by atoms with Crippen LogP contribution in [0, 0.1) is 35.5 Å². The minimum absolute atomic E-state index is 0.833. The monoisotopic (exact) mass is 240 g/mol. The van der Waals surface area contributed by atoms with Crippen LogP contribution >= 0.6 is 0 Å². The summed E-state index contributed by atoms with van der Waals surface area (Å²) in [5.74, 6) is 5.21. The Morgan fingerprint density at radius 3 is 1.53 bits per heavy atom. The van der Waals surface area contributed by atoms with Gasteiger partial charge in [-0.25, -0.2) is 0 Å². The summed E-state index contributed by atoms with van der Waals surface area (Å²) < 4.78 is 0. The van der Waals surface area contributed by atoms with E-state index in [9.17, 15) is 0 Å². The van der Waals surface area contributed by atoms with Gasteiger partial charge in [-0.15, -0.1) is 0 Å². The Bertz CT molecular complexity index is 182. The highest BCUT2D eigenvalue weighted by Gasteiger charge is 2.21. The maximum Gasteiger partial charge on any atom is -0.0391 e. The van der Waals surface area contributed by atoms with Gasteiger partial charge in [-0.2, -0.15) is 0 Å². The smallest absolute Gasteiger partial charge is 0.0391 e. The lowest BCUT2D eigenvalue weighted by Gasteiger charge is -2.29. The molecule has 0 heterocycles. The zero-order chi connectivity index (χ0) is 13.6. The molecule has 0 heteroatoms. The molecule has 0 aliphatic rings. The third kappa shape index (κ3) is 6.48. The molecule has 104 valence electrons. The molecule has 0 saturated heterocycles. The van der Waals surface area contributed by atoms with Crippen molar-refractivity contribution < 1.29 is 0 Å². The molecule has 17 heavy (non-hydrogen) atoms. The zero-order valence-corrected chi connectivity index (χ0v) is 13.6. The summed E-state index contributed by atoms with van der Waals surface area (Å²) in [5, 5.41) is 0. The fourth-order valence-corrected chi connectivity index (χ4v) is 2.79. The van der Waals surface area contributed by atoms with Crippen molar-refractivity contribution in [1.82, 2.24) is 0 Å². The summed E-state index contributed by atoms with van der Waals surface area (Å²) in [6.45, 7) is 19.2. The second kappa shape index (κ2) is 8.16. The Morgan fingerprint density at radius 1 is 0.647 bits per heavy atom. The Hall–Kier alpha value is 0. The highest BCUT2D eigenvalue weighted by atomic mass is 14.3. The van der Waals surface area contributed by atoms with Gasteiger partial charge in [-0.1, -0.05) is 61.8 Å². The highest BCUT2D eigenvalue weighted by Crippen LogP contribution is 2.31. The van der Waals surface area contributed by atoms with Crippen LogP contribution in [0.2, 0.25) is 0 Å². The third-order valence-corrected chi connectivity index (χ3v) is 5.13. The van der Waals surface area contributed by atoms with Crippen molar-refractivity contribution in [3.8, 4) is 0 Å². The average molecular weight is 240 g/mol. The third-order valence-electron chi connectivity index (χ3n) is 5.13. The van der Waals surface area contributed by atoms with Crippen molar-refractivity contribution in [2.75, 3.05) is 0 Å². The standard InChI is InChI=1S/C17H36/c1-9-14(5)17(8)16(7)11-13(4)10-15(6)12(2)3/h12-17H,9-11H2,1-8H3. The van der Waals surface area contributed by atoms with Crippen molar-refractivity contribution in [3.05, 3.63) is 0 Å². The van der Waals surface area contributed by atoms with Crippen LogP contribution in [-0.2, 0) is 0 Å². The summed E-state index contributed by atoms with van der Waals surface area (Å²) in [6.07, 6.45) is 4.13. The molecule has 0 amide bonds. The molecule has 0 aliphatic heterocycles. The first-order valence-electron chi connectivity index (χ1n) is 7.79. The molecule has 0 rings (SSSR count). The molecule has 0 radical (unpaired) electrons. The Morgan fingerprint density at radius 2 is 1.12 bits per heavy atom. The SMILES string of the molecule is CCC(C)C(C)C(C)CC(C)CC(C)C(C)C. The van der Waals surface area contributed by atoms with Gasteiger partial charge in [0.05, 0.1) is 0 Å². The predicted molar refractivity (Wildman–Crippen MR) is 80.2 cm³/mol. The second-order valence-corrected chi connectivity index (χ2v) is 7.02. The first kappa shape index (κ1) is 17.0. The fourth-order valence-electron chi connectivity index (χ4n) is 2.79. The molecule has 0 fully saturated rings. The van der Waals surface area contributed by atoms with Crippen LogP contribution in [0.4, 0.5) is 0 Å². The Labute approximate surface area is 111 Å². The van der Waals surface area contributed by atoms with Crippen molar-refractivity contribution in [2.24, 2.45) is 35.5 Å². The largest absolute Gasteiger partial charge is 0.0651 e. The van der Waals surface area contributed by atoms with Gasteiger partial charge in [0.1, 0.15) is 0 Å². The van der Waals surface area contributed by atoms with E-state index in [-0.39, 0.29) is 0 Å². The van der Waals surface area contributed by atoms with Crippen molar-refractivity contribution in [2.45, 2.75) is 74.7 Å². The van der Waals surface area contributed by atoms with E-state index in [1.165, 1.54) is 19.3 Å². The van der Waals surface area contributed by atoms with Crippen LogP contribution in [0.3, 0.4) is 0 Å². The van der Waals surface area contributed by atoms with Crippen LogP contribution in [0.1, 0.15) is 74.7 Å². The molecule has 0 aromatic rings. The Kier molecular flexibility index (Phi) is 8.16. The predicted octanol–water partition coefficient (Wildman–Crippen LogP) is 6.01. The van der Waals surface area contributed by atoms with E-state index in [4.69, 9.17) is 0 Å². The first-order chi connectivity index (χ1) is 7.79. The minimum Gasteiger partial charge on any atom is -0.0651 e. The number of rotatable bonds is 8. The molecular weight excluding hydrogens is 204 g/mol. The summed E-state index contributed by atoms with van der Waals surface area (Å²) in [6, 6.07) is 0. The van der Waals surface area contributed by atoms with Gasteiger partial charge in [0.15, 0.2) is 0 Å². The van der Waals surface area contributed by atoms with Crippen molar-refractivity contribution in [1.29, 1.82) is 0 Å². The maximum absolute atomic E-state index is 2.45. The lowest BCUT2D eigenvalue weighted by molar-refractivity contribution is 0.215. The van der Waals surface area contributed by atoms with Crippen LogP contribution in [0.15, 0.2) is 0 Å². The molecule has 0 aromatic heterocycles. The van der Waals surface area contributed by atoms with E-state index in [0.717, 1.165) is 35.5 Å². The molecule has 5 unspecified atom stereocenters. The molecule has 0 nitrogen and oxygen atoms in total. The Balaban J connectivity index is 4.06. The molecule has 0 bridgehead atoms. The summed E-state index contributed by atoms with van der Waals surface area (Å²) in [5.41, 5.74) is 0. The molecule has 0 aromatic carbocycles. The van der Waals surface area contributed by atoms with Crippen LogP contribution in [0.5, 0.6) is 0 Å². The zero-order valence-electron chi connectivity index (χ0n) is 13.6. The topological polar surface area (TPSA) is 0 Å². The molecule has 0 N–H and O–H groups in total. The number of hydrogen-bond acceptors (Lipinski definition) is 0. The van der Waals surface area contributed by atoms with Gasteiger partial charge in [0.25, 0.3) is 0 Å². The molecule has 5 atom stereocenters. The van der Waals surface area contributed by atoms with Gasteiger partial charge in [-0.3, -0.25) is 0 Å². The summed E-state index contributed by atoms with van der Waals surface area (Å²) in [7, 11) is 0. The first-order valence-corrected chi connectivity index (χ1v) is 7.79. The maximum atomic E-state index is 2.45. The van der Waals surface area contributed by atoms with E-state index in [1.807, 2.05) is 0 Å². The average Bonchev–Trinajstić information content (AvgIpc) is 2.26. The molecule has 0 aliphatic carbocycles. The van der Waals surface area contributed by atoms with Gasteiger partial charge < -0.3 is 0 Å². The summed E-state index contributed by atoms with van der Waals surface area (Å²) >= 11 is 0. The van der Waals surface area contributed by atoms with E-state index in [0.29, 0.717) is 0 Å². The summed E-state index contributed by atoms with van der Waals surface area (Å²) in [4.78, 5) is 0. The normalized spacial score (nSPS) is 21.0. The van der Waals surface area contributed by atoms with E-state index in [1.54, 1.807) is 0 Å². The van der Waals surface area contributed by atoms with Crippen molar-refractivity contribution in [3.63, 3.8) is 0 Å². The van der Waals surface area contributed by atoms with Gasteiger partial charge in [-0.05, 0) is 48.3 Å². The quantitative estimate of drug-likeness (QED) is 0.487. The van der Waals surface area contributed by atoms with E-state index >= 15 is 0 Å². The van der Waals surface area contributed by atoms with E-state index in [2.05, 4.69) is 55.4 Å².